The fourth-order valence-electron chi connectivity index (χ4n) is 2.01. The Morgan fingerprint density at radius 1 is 1.25 bits per heavy atom. The number of rotatable bonds is 8. The van der Waals surface area contributed by atoms with Gasteiger partial charge < -0.3 is 5.32 Å². The summed E-state index contributed by atoms with van der Waals surface area (Å²) in [6.07, 6.45) is 2.34. The molecule has 8 heteroatoms. The van der Waals surface area contributed by atoms with E-state index in [1.54, 1.807) is 35.3 Å². The van der Waals surface area contributed by atoms with Gasteiger partial charge in [0.2, 0.25) is 5.91 Å². The number of hydrogen-bond donors (Lipinski definition) is 2. The molecule has 0 aliphatic rings. The highest BCUT2D eigenvalue weighted by Crippen LogP contribution is 2.17. The summed E-state index contributed by atoms with van der Waals surface area (Å²) in [5, 5.41) is 4.47. The lowest BCUT2D eigenvalue weighted by molar-refractivity contribution is -0.117. The van der Waals surface area contributed by atoms with Crippen molar-refractivity contribution in [2.45, 2.75) is 23.6 Å². The van der Waals surface area contributed by atoms with E-state index in [2.05, 4.69) is 10.0 Å². The van der Waals surface area contributed by atoms with E-state index in [0.29, 0.717) is 17.9 Å². The van der Waals surface area contributed by atoms with Gasteiger partial charge in [-0.25, -0.2) is 8.42 Å². The Balaban J connectivity index is 2.12. The molecule has 1 amide bonds. The number of benzene rings is 1. The molecular formula is C16H20N2O3S3. The topological polar surface area (TPSA) is 75.3 Å². The van der Waals surface area contributed by atoms with Crippen molar-refractivity contribution in [2.75, 3.05) is 17.3 Å². The highest BCUT2D eigenvalue weighted by atomic mass is 32.2. The van der Waals surface area contributed by atoms with Gasteiger partial charge in [0, 0.05) is 5.69 Å². The highest BCUT2D eigenvalue weighted by Gasteiger charge is 2.26. The molecule has 0 aliphatic carbocycles. The second-order valence-electron chi connectivity index (χ2n) is 5.24. The van der Waals surface area contributed by atoms with Gasteiger partial charge in [-0.05, 0) is 48.9 Å². The molecule has 0 saturated carbocycles. The van der Waals surface area contributed by atoms with E-state index in [1.165, 1.54) is 6.07 Å². The maximum absolute atomic E-state index is 12.5. The minimum Gasteiger partial charge on any atom is -0.325 e. The number of nitrogens with one attached hydrogen (secondary N) is 2. The zero-order chi connectivity index (χ0) is 17.6. The number of amides is 1. The quantitative estimate of drug-likeness (QED) is 0.733. The van der Waals surface area contributed by atoms with Crippen LogP contribution in [0.2, 0.25) is 0 Å². The number of carbonyl (C=O) groups excluding carboxylic acids is 1. The van der Waals surface area contributed by atoms with E-state index >= 15 is 0 Å². The minimum atomic E-state index is -3.69. The van der Waals surface area contributed by atoms with Crippen molar-refractivity contribution in [3.05, 3.63) is 47.3 Å². The van der Waals surface area contributed by atoms with Crippen molar-refractivity contribution in [1.29, 1.82) is 0 Å². The molecule has 0 aliphatic heterocycles. The second kappa shape index (κ2) is 8.66. The Labute approximate surface area is 150 Å². The van der Waals surface area contributed by atoms with Crippen LogP contribution in [0.1, 0.15) is 12.0 Å². The monoisotopic (exact) mass is 384 g/mol. The van der Waals surface area contributed by atoms with Crippen molar-refractivity contribution in [2.24, 2.45) is 0 Å². The van der Waals surface area contributed by atoms with Gasteiger partial charge in [-0.15, -0.1) is 11.3 Å². The normalized spacial score (nSPS) is 12.8. The largest absolute Gasteiger partial charge is 0.325 e. The lowest BCUT2D eigenvalue weighted by atomic mass is 10.2. The summed E-state index contributed by atoms with van der Waals surface area (Å²) in [4.78, 5) is 12.5. The molecule has 0 radical (unpaired) electrons. The van der Waals surface area contributed by atoms with E-state index in [-0.39, 0.29) is 10.1 Å². The van der Waals surface area contributed by atoms with E-state index in [1.807, 2.05) is 25.3 Å². The third-order valence-electron chi connectivity index (χ3n) is 3.30. The van der Waals surface area contributed by atoms with Crippen LogP contribution in [0, 0.1) is 6.92 Å². The Morgan fingerprint density at radius 3 is 2.54 bits per heavy atom. The smallest absolute Gasteiger partial charge is 0.250 e. The fourth-order valence-corrected chi connectivity index (χ4v) is 4.72. The first-order valence-electron chi connectivity index (χ1n) is 7.34. The second-order valence-corrected chi connectivity index (χ2v) is 9.12. The van der Waals surface area contributed by atoms with E-state index in [4.69, 9.17) is 0 Å². The molecule has 2 N–H and O–H groups in total. The van der Waals surface area contributed by atoms with Gasteiger partial charge in [0.25, 0.3) is 10.0 Å². The van der Waals surface area contributed by atoms with Crippen LogP contribution >= 0.6 is 23.1 Å². The molecule has 5 nitrogen and oxygen atoms in total. The standard InChI is InChI=1S/C16H20N2O3S3/c1-12-5-7-13(8-6-12)17-16(19)14(9-11-22-2)18-24(20,21)15-4-3-10-23-15/h3-8,10,14,18H,9,11H2,1-2H3,(H,17,19)/t14-/m0/s1. The zero-order valence-electron chi connectivity index (χ0n) is 13.5. The molecule has 1 aromatic heterocycles. The summed E-state index contributed by atoms with van der Waals surface area (Å²) in [6.45, 7) is 1.96. The van der Waals surface area contributed by atoms with E-state index in [0.717, 1.165) is 16.9 Å². The van der Waals surface area contributed by atoms with Gasteiger partial charge in [-0.1, -0.05) is 23.8 Å². The lowest BCUT2D eigenvalue weighted by Gasteiger charge is -2.18. The summed E-state index contributed by atoms with van der Waals surface area (Å²) in [5.74, 6) is 0.326. The maximum Gasteiger partial charge on any atom is 0.250 e. The molecule has 0 saturated heterocycles. The first-order chi connectivity index (χ1) is 11.4. The Kier molecular flexibility index (Phi) is 6.85. The number of hydrogen-bond acceptors (Lipinski definition) is 5. The summed E-state index contributed by atoms with van der Waals surface area (Å²) in [6, 6.07) is 9.76. The Bertz CT molecular complexity index is 756. The SMILES string of the molecule is CSCC[C@H](NS(=O)(=O)c1cccs1)C(=O)Nc1ccc(C)cc1. The minimum absolute atomic E-state index is 0.208. The maximum atomic E-state index is 12.5. The number of carbonyl (C=O) groups is 1. The van der Waals surface area contributed by atoms with Crippen molar-refractivity contribution < 1.29 is 13.2 Å². The molecule has 2 rings (SSSR count). The van der Waals surface area contributed by atoms with Crippen LogP contribution in [0.3, 0.4) is 0 Å². The fraction of sp³-hybridized carbons (Fsp3) is 0.312. The van der Waals surface area contributed by atoms with Crippen LogP contribution in [-0.4, -0.2) is 32.4 Å². The molecular weight excluding hydrogens is 364 g/mol. The van der Waals surface area contributed by atoms with Crippen LogP contribution in [-0.2, 0) is 14.8 Å². The third kappa shape index (κ3) is 5.34. The molecule has 24 heavy (non-hydrogen) atoms. The number of sulfonamides is 1. The molecule has 130 valence electrons. The first-order valence-corrected chi connectivity index (χ1v) is 11.1. The lowest BCUT2D eigenvalue weighted by Crippen LogP contribution is -2.43. The van der Waals surface area contributed by atoms with Crippen LogP contribution in [0.4, 0.5) is 5.69 Å². The zero-order valence-corrected chi connectivity index (χ0v) is 15.9. The summed E-state index contributed by atoms with van der Waals surface area (Å²) in [7, 11) is -3.69. The van der Waals surface area contributed by atoms with Crippen LogP contribution in [0.5, 0.6) is 0 Å². The molecule has 1 heterocycles. The third-order valence-corrected chi connectivity index (χ3v) is 6.82. The van der Waals surface area contributed by atoms with Crippen LogP contribution in [0.15, 0.2) is 46.0 Å². The van der Waals surface area contributed by atoms with Gasteiger partial charge in [0.1, 0.15) is 10.3 Å². The molecule has 0 fully saturated rings. The van der Waals surface area contributed by atoms with Crippen molar-refractivity contribution in [3.8, 4) is 0 Å². The number of thioether (sulfide) groups is 1. The van der Waals surface area contributed by atoms with Gasteiger partial charge >= 0.3 is 0 Å². The van der Waals surface area contributed by atoms with Gasteiger partial charge in [0.15, 0.2) is 0 Å². The Morgan fingerprint density at radius 2 is 1.96 bits per heavy atom. The number of thiophene rings is 1. The molecule has 1 atom stereocenters. The first kappa shape index (κ1) is 19.0. The predicted molar refractivity (Wildman–Crippen MR) is 101 cm³/mol. The number of aryl methyl sites for hydroxylation is 1. The van der Waals surface area contributed by atoms with Crippen molar-refractivity contribution >= 4 is 44.7 Å². The summed E-state index contributed by atoms with van der Waals surface area (Å²) >= 11 is 2.69. The van der Waals surface area contributed by atoms with Gasteiger partial charge in [-0.2, -0.15) is 16.5 Å². The molecule has 0 spiro atoms. The number of anilines is 1. The molecule has 0 unspecified atom stereocenters. The van der Waals surface area contributed by atoms with Crippen molar-refractivity contribution in [1.82, 2.24) is 4.72 Å². The molecule has 1 aromatic carbocycles. The summed E-state index contributed by atoms with van der Waals surface area (Å²) in [5.41, 5.74) is 1.74. The predicted octanol–water partition coefficient (Wildman–Crippen LogP) is 3.10. The average Bonchev–Trinajstić information content (AvgIpc) is 3.09. The molecule has 2 aromatic rings. The van der Waals surface area contributed by atoms with Crippen LogP contribution < -0.4 is 10.0 Å². The van der Waals surface area contributed by atoms with E-state index in [9.17, 15) is 13.2 Å². The van der Waals surface area contributed by atoms with Crippen LogP contribution in [0.25, 0.3) is 0 Å². The van der Waals surface area contributed by atoms with E-state index < -0.39 is 16.1 Å². The van der Waals surface area contributed by atoms with Gasteiger partial charge in [-0.3, -0.25) is 4.79 Å². The molecule has 0 bridgehead atoms. The van der Waals surface area contributed by atoms with Crippen molar-refractivity contribution in [3.63, 3.8) is 0 Å². The average molecular weight is 385 g/mol. The van der Waals surface area contributed by atoms with Gasteiger partial charge in [0.05, 0.1) is 0 Å². The summed E-state index contributed by atoms with van der Waals surface area (Å²) < 4.78 is 27.5. The highest BCUT2D eigenvalue weighted by molar-refractivity contribution is 7.98. The Hall–Kier alpha value is -1.35.